The fourth-order valence-electron chi connectivity index (χ4n) is 2.28. The van der Waals surface area contributed by atoms with Crippen molar-refractivity contribution in [1.29, 1.82) is 0 Å². The van der Waals surface area contributed by atoms with E-state index in [0.29, 0.717) is 10.9 Å². The molecule has 2 heterocycles. The third-order valence-electron chi connectivity index (χ3n) is 3.51. The van der Waals surface area contributed by atoms with Gasteiger partial charge in [0.15, 0.2) is 0 Å². The van der Waals surface area contributed by atoms with E-state index in [-0.39, 0.29) is 6.61 Å². The Morgan fingerprint density at radius 1 is 1.30 bits per heavy atom. The summed E-state index contributed by atoms with van der Waals surface area (Å²) < 4.78 is 1.78. The minimum absolute atomic E-state index is 0.0764. The third-order valence-corrected chi connectivity index (χ3v) is 4.83. The lowest BCUT2D eigenvalue weighted by molar-refractivity contribution is 0.275. The highest BCUT2D eigenvalue weighted by molar-refractivity contribution is 7.16. The molecule has 0 spiro atoms. The van der Waals surface area contributed by atoms with Gasteiger partial charge in [0.1, 0.15) is 5.01 Å². The number of hydrogen-bond donors (Lipinski definition) is 1. The number of benzene rings is 1. The molecule has 1 aliphatic rings. The predicted molar refractivity (Wildman–Crippen MR) is 79.2 cm³/mol. The van der Waals surface area contributed by atoms with Gasteiger partial charge >= 0.3 is 0 Å². The van der Waals surface area contributed by atoms with Gasteiger partial charge in [-0.3, -0.25) is 0 Å². The first-order chi connectivity index (χ1) is 9.76. The number of aliphatic hydroxyl groups is 1. The largest absolute Gasteiger partial charge is 0.390 e. The molecule has 20 heavy (non-hydrogen) atoms. The Bertz CT molecular complexity index is 774. The summed E-state index contributed by atoms with van der Waals surface area (Å²) in [6, 6.07) is 7.48. The van der Waals surface area contributed by atoms with Crippen LogP contribution in [0.2, 0.25) is 5.02 Å². The number of imidazole rings is 1. The van der Waals surface area contributed by atoms with Gasteiger partial charge in [0.05, 0.1) is 18.0 Å². The molecule has 0 atom stereocenters. The number of fused-ring (bicyclic) bond motifs is 1. The number of aromatic nitrogens is 3. The van der Waals surface area contributed by atoms with Gasteiger partial charge in [-0.2, -0.15) is 5.10 Å². The lowest BCUT2D eigenvalue weighted by atomic mass is 10.1. The highest BCUT2D eigenvalue weighted by Crippen LogP contribution is 2.42. The Morgan fingerprint density at radius 2 is 2.05 bits per heavy atom. The van der Waals surface area contributed by atoms with Gasteiger partial charge in [0.25, 0.3) is 0 Å². The second-order valence-electron chi connectivity index (χ2n) is 4.98. The second-order valence-corrected chi connectivity index (χ2v) is 6.41. The topological polar surface area (TPSA) is 50.4 Å². The van der Waals surface area contributed by atoms with Crippen LogP contribution < -0.4 is 0 Å². The number of rotatable bonds is 3. The number of hydrogen-bond acceptors (Lipinski definition) is 4. The van der Waals surface area contributed by atoms with Crippen molar-refractivity contribution in [3.63, 3.8) is 0 Å². The Kier molecular flexibility index (Phi) is 2.80. The molecule has 1 N–H and O–H groups in total. The standard InChI is InChI=1S/C14H12ClN3OS/c15-10-5-3-8(4-6-10)12-11(7-19)18-14(16-12)20-13(17-18)9-1-2-9/h3-6,9,19H,1-2,7H2. The fraction of sp³-hybridized carbons (Fsp3) is 0.286. The summed E-state index contributed by atoms with van der Waals surface area (Å²) >= 11 is 7.53. The number of aliphatic hydroxyl groups excluding tert-OH is 1. The zero-order chi connectivity index (χ0) is 13.7. The van der Waals surface area contributed by atoms with E-state index in [1.807, 2.05) is 24.3 Å². The first-order valence-electron chi connectivity index (χ1n) is 6.51. The lowest BCUT2D eigenvalue weighted by Crippen LogP contribution is -1.96. The molecule has 1 fully saturated rings. The summed E-state index contributed by atoms with van der Waals surface area (Å²) in [5.41, 5.74) is 2.47. The van der Waals surface area contributed by atoms with E-state index in [9.17, 15) is 5.11 Å². The molecular weight excluding hydrogens is 294 g/mol. The molecule has 4 rings (SSSR count). The molecule has 0 radical (unpaired) electrons. The van der Waals surface area contributed by atoms with E-state index < -0.39 is 0 Å². The summed E-state index contributed by atoms with van der Waals surface area (Å²) in [4.78, 5) is 5.48. The molecule has 102 valence electrons. The van der Waals surface area contributed by atoms with E-state index >= 15 is 0 Å². The highest BCUT2D eigenvalue weighted by atomic mass is 35.5. The molecule has 0 aliphatic heterocycles. The zero-order valence-corrected chi connectivity index (χ0v) is 12.2. The van der Waals surface area contributed by atoms with Crippen molar-refractivity contribution in [3.8, 4) is 11.3 Å². The maximum atomic E-state index is 9.66. The van der Waals surface area contributed by atoms with Crippen LogP contribution in [0.3, 0.4) is 0 Å². The van der Waals surface area contributed by atoms with Gasteiger partial charge in [-0.25, -0.2) is 9.50 Å². The molecule has 0 unspecified atom stereocenters. The van der Waals surface area contributed by atoms with E-state index in [1.54, 1.807) is 15.9 Å². The van der Waals surface area contributed by atoms with Crippen molar-refractivity contribution in [1.82, 2.24) is 14.6 Å². The van der Waals surface area contributed by atoms with E-state index in [4.69, 9.17) is 11.6 Å². The van der Waals surface area contributed by atoms with Gasteiger partial charge in [-0.1, -0.05) is 35.1 Å². The zero-order valence-electron chi connectivity index (χ0n) is 10.6. The molecule has 1 saturated carbocycles. The number of nitrogens with zero attached hydrogens (tertiary/aromatic N) is 3. The molecule has 0 saturated heterocycles. The maximum absolute atomic E-state index is 9.66. The summed E-state index contributed by atoms with van der Waals surface area (Å²) in [6.45, 7) is -0.0764. The molecule has 1 aromatic carbocycles. The van der Waals surface area contributed by atoms with E-state index in [2.05, 4.69) is 10.1 Å². The van der Waals surface area contributed by atoms with Crippen molar-refractivity contribution < 1.29 is 5.11 Å². The molecule has 0 bridgehead atoms. The van der Waals surface area contributed by atoms with Crippen molar-refractivity contribution in [3.05, 3.63) is 40.0 Å². The Balaban J connectivity index is 1.86. The first-order valence-corrected chi connectivity index (χ1v) is 7.71. The lowest BCUT2D eigenvalue weighted by Gasteiger charge is -2.01. The SMILES string of the molecule is OCc1c(-c2ccc(Cl)cc2)nc2sc(C3CC3)nn12. The Labute approximate surface area is 124 Å². The van der Waals surface area contributed by atoms with Crippen molar-refractivity contribution in [2.45, 2.75) is 25.4 Å². The van der Waals surface area contributed by atoms with Gasteiger partial charge in [-0.15, -0.1) is 0 Å². The normalized spacial score (nSPS) is 15.1. The van der Waals surface area contributed by atoms with Crippen LogP contribution >= 0.6 is 22.9 Å². The number of halogens is 1. The Hall–Kier alpha value is -1.43. The van der Waals surface area contributed by atoms with Crippen LogP contribution in [0.25, 0.3) is 16.2 Å². The molecule has 4 nitrogen and oxygen atoms in total. The van der Waals surface area contributed by atoms with Crippen LogP contribution in [0.4, 0.5) is 0 Å². The minimum Gasteiger partial charge on any atom is -0.390 e. The van der Waals surface area contributed by atoms with Crippen LogP contribution in [0.1, 0.15) is 29.5 Å². The van der Waals surface area contributed by atoms with Crippen LogP contribution in [-0.2, 0) is 6.61 Å². The van der Waals surface area contributed by atoms with E-state index in [1.165, 1.54) is 12.8 Å². The summed E-state index contributed by atoms with van der Waals surface area (Å²) in [5, 5.41) is 16.1. The molecule has 6 heteroatoms. The average molecular weight is 306 g/mol. The second kappa shape index (κ2) is 4.55. The molecule has 1 aliphatic carbocycles. The smallest absolute Gasteiger partial charge is 0.213 e. The van der Waals surface area contributed by atoms with Crippen LogP contribution in [0, 0.1) is 0 Å². The maximum Gasteiger partial charge on any atom is 0.213 e. The molecule has 2 aromatic heterocycles. The molecule has 3 aromatic rings. The summed E-state index contributed by atoms with van der Waals surface area (Å²) in [7, 11) is 0. The van der Waals surface area contributed by atoms with Crippen LogP contribution in [0.5, 0.6) is 0 Å². The average Bonchev–Trinajstić information content (AvgIpc) is 3.13. The van der Waals surface area contributed by atoms with E-state index in [0.717, 1.165) is 26.9 Å². The molecule has 0 amide bonds. The quantitative estimate of drug-likeness (QED) is 0.806. The summed E-state index contributed by atoms with van der Waals surface area (Å²) in [6.07, 6.45) is 2.43. The van der Waals surface area contributed by atoms with Gasteiger partial charge < -0.3 is 5.11 Å². The van der Waals surface area contributed by atoms with Crippen LogP contribution in [-0.4, -0.2) is 19.7 Å². The van der Waals surface area contributed by atoms with Crippen molar-refractivity contribution in [2.75, 3.05) is 0 Å². The fourth-order valence-corrected chi connectivity index (χ4v) is 3.49. The third kappa shape index (κ3) is 1.93. The highest BCUT2D eigenvalue weighted by Gasteiger charge is 2.29. The summed E-state index contributed by atoms with van der Waals surface area (Å²) in [5.74, 6) is 0.604. The van der Waals surface area contributed by atoms with Crippen molar-refractivity contribution >= 4 is 27.9 Å². The van der Waals surface area contributed by atoms with Crippen molar-refractivity contribution in [2.24, 2.45) is 0 Å². The van der Waals surface area contributed by atoms with Crippen LogP contribution in [0.15, 0.2) is 24.3 Å². The Morgan fingerprint density at radius 3 is 2.70 bits per heavy atom. The minimum atomic E-state index is -0.0764. The van der Waals surface area contributed by atoms with Gasteiger partial charge in [0, 0.05) is 16.5 Å². The molecular formula is C14H12ClN3OS. The van der Waals surface area contributed by atoms with Gasteiger partial charge in [-0.05, 0) is 25.0 Å². The monoisotopic (exact) mass is 305 g/mol. The van der Waals surface area contributed by atoms with Gasteiger partial charge in [0.2, 0.25) is 4.96 Å². The predicted octanol–water partition coefficient (Wildman–Crippen LogP) is 3.48. The first kappa shape index (κ1) is 12.3.